The van der Waals surface area contributed by atoms with Crippen molar-refractivity contribution in [2.75, 3.05) is 6.61 Å². The van der Waals surface area contributed by atoms with E-state index in [1.165, 1.54) is 5.56 Å². The molecule has 2 unspecified atom stereocenters. The fourth-order valence-corrected chi connectivity index (χ4v) is 3.70. The molecule has 1 saturated carbocycles. The highest BCUT2D eigenvalue weighted by Crippen LogP contribution is 2.53. The molecule has 1 aliphatic carbocycles. The molecule has 25 heavy (non-hydrogen) atoms. The van der Waals surface area contributed by atoms with Gasteiger partial charge in [-0.15, -0.1) is 0 Å². The summed E-state index contributed by atoms with van der Waals surface area (Å²) >= 11 is 6.07. The van der Waals surface area contributed by atoms with Crippen LogP contribution in [0.2, 0.25) is 5.02 Å². The van der Waals surface area contributed by atoms with Gasteiger partial charge in [-0.1, -0.05) is 54.9 Å². The van der Waals surface area contributed by atoms with E-state index in [-0.39, 0.29) is 17.4 Å². The molecule has 0 saturated heterocycles. The summed E-state index contributed by atoms with van der Waals surface area (Å²) in [6.07, 6.45) is 1.57. The number of halogens is 1. The molecule has 1 aliphatic rings. The van der Waals surface area contributed by atoms with Crippen LogP contribution in [0.1, 0.15) is 38.2 Å². The van der Waals surface area contributed by atoms with Gasteiger partial charge in [0.1, 0.15) is 0 Å². The summed E-state index contributed by atoms with van der Waals surface area (Å²) in [5.74, 6) is -0.0206. The van der Waals surface area contributed by atoms with Gasteiger partial charge in [-0.2, -0.15) is 0 Å². The molecule has 1 fully saturated rings. The normalized spacial score (nSPS) is 23.1. The van der Waals surface area contributed by atoms with Gasteiger partial charge in [-0.05, 0) is 48.6 Å². The van der Waals surface area contributed by atoms with Crippen LogP contribution >= 0.6 is 11.6 Å². The molecule has 0 heterocycles. The molecule has 132 valence electrons. The second kappa shape index (κ2) is 7.19. The highest BCUT2D eigenvalue weighted by atomic mass is 35.5. The fourth-order valence-electron chi connectivity index (χ4n) is 3.51. The van der Waals surface area contributed by atoms with Crippen molar-refractivity contribution in [3.8, 4) is 11.1 Å². The van der Waals surface area contributed by atoms with Crippen molar-refractivity contribution in [3.05, 3.63) is 59.1 Å². The van der Waals surface area contributed by atoms with Crippen LogP contribution in [0.25, 0.3) is 11.1 Å². The van der Waals surface area contributed by atoms with E-state index in [1.807, 2.05) is 38.1 Å². The third-order valence-electron chi connectivity index (χ3n) is 4.96. The van der Waals surface area contributed by atoms with Gasteiger partial charge in [-0.25, -0.2) is 0 Å². The lowest BCUT2D eigenvalue weighted by atomic mass is 9.95. The Morgan fingerprint density at radius 1 is 1.28 bits per heavy atom. The standard InChI is InChI=1S/C21H24ClNO2/c1-3-25-20(24)14(2)12-21(23)13-19(21)16-9-7-15(8-10-16)17-5-4-6-18(22)11-17/h4-11,14,19H,3,12-13,23H2,1-2H3/t14?,19-,21?/m0/s1. The number of hydrogen-bond acceptors (Lipinski definition) is 3. The van der Waals surface area contributed by atoms with Crippen molar-refractivity contribution in [3.63, 3.8) is 0 Å². The van der Waals surface area contributed by atoms with Crippen LogP contribution in [0, 0.1) is 5.92 Å². The van der Waals surface area contributed by atoms with E-state index in [9.17, 15) is 4.79 Å². The van der Waals surface area contributed by atoms with Gasteiger partial charge in [0.05, 0.1) is 12.5 Å². The first-order valence-corrected chi connectivity index (χ1v) is 9.12. The lowest BCUT2D eigenvalue weighted by molar-refractivity contribution is -0.147. The minimum absolute atomic E-state index is 0.158. The topological polar surface area (TPSA) is 52.3 Å². The molecule has 2 N–H and O–H groups in total. The average molecular weight is 358 g/mol. The minimum Gasteiger partial charge on any atom is -0.466 e. The number of hydrogen-bond donors (Lipinski definition) is 1. The SMILES string of the molecule is CCOC(=O)C(C)CC1(N)C[C@H]1c1ccc(-c2cccc(Cl)c2)cc1. The predicted molar refractivity (Wildman–Crippen MR) is 102 cm³/mol. The third-order valence-corrected chi connectivity index (χ3v) is 5.20. The van der Waals surface area contributed by atoms with E-state index in [2.05, 4.69) is 24.3 Å². The van der Waals surface area contributed by atoms with Crippen LogP contribution in [0.3, 0.4) is 0 Å². The molecule has 0 amide bonds. The summed E-state index contributed by atoms with van der Waals surface area (Å²) < 4.78 is 5.09. The number of rotatable bonds is 6. The van der Waals surface area contributed by atoms with Gasteiger partial charge in [0.2, 0.25) is 0 Å². The smallest absolute Gasteiger partial charge is 0.308 e. The summed E-state index contributed by atoms with van der Waals surface area (Å²) in [7, 11) is 0. The molecule has 3 nitrogen and oxygen atoms in total. The van der Waals surface area contributed by atoms with E-state index in [0.29, 0.717) is 18.9 Å². The Kier molecular flexibility index (Phi) is 5.16. The molecule has 0 bridgehead atoms. The number of ether oxygens (including phenoxy) is 1. The van der Waals surface area contributed by atoms with Crippen molar-refractivity contribution in [1.82, 2.24) is 0 Å². The molecule has 3 atom stereocenters. The number of carbonyl (C=O) groups excluding carboxylic acids is 1. The van der Waals surface area contributed by atoms with Crippen molar-refractivity contribution < 1.29 is 9.53 Å². The summed E-state index contributed by atoms with van der Waals surface area (Å²) in [5, 5.41) is 0.734. The molecule has 0 aromatic heterocycles. The second-order valence-corrected chi connectivity index (χ2v) is 7.42. The number of benzene rings is 2. The summed E-state index contributed by atoms with van der Waals surface area (Å²) in [4.78, 5) is 11.8. The lowest BCUT2D eigenvalue weighted by Crippen LogP contribution is -2.30. The van der Waals surface area contributed by atoms with Crippen LogP contribution < -0.4 is 5.73 Å². The van der Waals surface area contributed by atoms with Gasteiger partial charge in [0.25, 0.3) is 0 Å². The zero-order valence-corrected chi connectivity index (χ0v) is 15.4. The van der Waals surface area contributed by atoms with E-state index < -0.39 is 0 Å². The Balaban J connectivity index is 1.67. The molecule has 0 spiro atoms. The summed E-state index contributed by atoms with van der Waals surface area (Å²) in [6, 6.07) is 16.3. The Morgan fingerprint density at radius 3 is 2.64 bits per heavy atom. The van der Waals surface area contributed by atoms with E-state index >= 15 is 0 Å². The maximum atomic E-state index is 11.8. The van der Waals surface area contributed by atoms with Crippen molar-refractivity contribution in [1.29, 1.82) is 0 Å². The number of esters is 1. The zero-order valence-electron chi connectivity index (χ0n) is 14.7. The zero-order chi connectivity index (χ0) is 18.0. The Morgan fingerprint density at radius 2 is 2.00 bits per heavy atom. The van der Waals surface area contributed by atoms with E-state index in [0.717, 1.165) is 22.6 Å². The maximum Gasteiger partial charge on any atom is 0.308 e. The molecule has 3 rings (SSSR count). The quantitative estimate of drug-likeness (QED) is 0.757. The summed E-state index contributed by atoms with van der Waals surface area (Å²) in [5.41, 5.74) is 9.66. The van der Waals surface area contributed by atoms with E-state index in [4.69, 9.17) is 22.1 Å². The van der Waals surface area contributed by atoms with Crippen molar-refractivity contribution >= 4 is 17.6 Å². The van der Waals surface area contributed by atoms with E-state index in [1.54, 1.807) is 0 Å². The molecular weight excluding hydrogens is 334 g/mol. The monoisotopic (exact) mass is 357 g/mol. The third kappa shape index (κ3) is 4.05. The van der Waals surface area contributed by atoms with Crippen LogP contribution in [-0.4, -0.2) is 18.1 Å². The van der Waals surface area contributed by atoms with Gasteiger partial charge in [-0.3, -0.25) is 4.79 Å². The van der Waals surface area contributed by atoms with Crippen LogP contribution in [-0.2, 0) is 9.53 Å². The first kappa shape index (κ1) is 18.0. The average Bonchev–Trinajstić information content (AvgIpc) is 3.26. The molecular formula is C21H24ClNO2. The Bertz CT molecular complexity index is 759. The summed E-state index contributed by atoms with van der Waals surface area (Å²) in [6.45, 7) is 4.13. The molecule has 2 aromatic rings. The van der Waals surface area contributed by atoms with Crippen LogP contribution in [0.4, 0.5) is 0 Å². The Labute approximate surface area is 154 Å². The van der Waals surface area contributed by atoms with Crippen molar-refractivity contribution in [2.45, 2.75) is 38.1 Å². The highest BCUT2D eigenvalue weighted by Gasteiger charge is 2.52. The maximum absolute atomic E-state index is 11.8. The van der Waals surface area contributed by atoms with Crippen LogP contribution in [0.15, 0.2) is 48.5 Å². The number of nitrogens with two attached hydrogens (primary N) is 1. The van der Waals surface area contributed by atoms with Crippen LogP contribution in [0.5, 0.6) is 0 Å². The molecule has 0 radical (unpaired) electrons. The predicted octanol–water partition coefficient (Wildman–Crippen LogP) is 4.78. The van der Waals surface area contributed by atoms with Gasteiger partial charge >= 0.3 is 5.97 Å². The molecule has 0 aliphatic heterocycles. The van der Waals surface area contributed by atoms with Gasteiger partial charge < -0.3 is 10.5 Å². The van der Waals surface area contributed by atoms with Crippen molar-refractivity contribution in [2.24, 2.45) is 11.7 Å². The first-order chi connectivity index (χ1) is 11.9. The highest BCUT2D eigenvalue weighted by molar-refractivity contribution is 6.30. The fraction of sp³-hybridized carbons (Fsp3) is 0.381. The lowest BCUT2D eigenvalue weighted by Gasteiger charge is -2.17. The molecule has 2 aromatic carbocycles. The number of carbonyl (C=O) groups is 1. The molecule has 4 heteroatoms. The Hall–Kier alpha value is -1.84. The minimum atomic E-state index is -0.302. The van der Waals surface area contributed by atoms with Gasteiger partial charge in [0, 0.05) is 16.5 Å². The second-order valence-electron chi connectivity index (χ2n) is 6.98. The largest absolute Gasteiger partial charge is 0.466 e. The first-order valence-electron chi connectivity index (χ1n) is 8.74. The van der Waals surface area contributed by atoms with Gasteiger partial charge in [0.15, 0.2) is 0 Å².